The molecule has 31 heavy (non-hydrogen) atoms. The minimum absolute atomic E-state index is 0.133. The number of nitrogens with one attached hydrogen (secondary N) is 1. The van der Waals surface area contributed by atoms with Crippen LogP contribution in [-0.4, -0.2) is 72.0 Å². The average molecular weight is 428 g/mol. The monoisotopic (exact) mass is 427 g/mol. The summed E-state index contributed by atoms with van der Waals surface area (Å²) in [5.74, 6) is -0.0328. The van der Waals surface area contributed by atoms with Crippen molar-refractivity contribution in [3.8, 4) is 5.75 Å². The number of carbonyl (C=O) groups excluding carboxylic acids is 3. The number of hydrogen-bond donors (Lipinski definition) is 1. The molecule has 3 aliphatic heterocycles. The summed E-state index contributed by atoms with van der Waals surface area (Å²) in [5, 5.41) is 2.35. The van der Waals surface area contributed by atoms with Crippen LogP contribution in [0.5, 0.6) is 5.75 Å². The molecule has 0 aromatic heterocycles. The summed E-state index contributed by atoms with van der Waals surface area (Å²) in [6.07, 6.45) is 5.32. The molecule has 1 aromatic rings. The summed E-state index contributed by atoms with van der Waals surface area (Å²) in [6.45, 7) is 3.82. The third kappa shape index (κ3) is 4.06. The maximum atomic E-state index is 12.9. The summed E-state index contributed by atoms with van der Waals surface area (Å²) in [6, 6.07) is 5.43. The zero-order chi connectivity index (χ0) is 21.4. The zero-order valence-corrected chi connectivity index (χ0v) is 17.7. The van der Waals surface area contributed by atoms with Crippen molar-refractivity contribution >= 4 is 17.7 Å². The topological polar surface area (TPSA) is 88.2 Å². The van der Waals surface area contributed by atoms with Crippen molar-refractivity contribution in [3.05, 3.63) is 29.3 Å². The third-order valence-electron chi connectivity index (χ3n) is 6.96. The van der Waals surface area contributed by atoms with Crippen LogP contribution in [0.2, 0.25) is 0 Å². The van der Waals surface area contributed by atoms with E-state index in [1.165, 1.54) is 6.42 Å². The quantitative estimate of drug-likeness (QED) is 0.733. The van der Waals surface area contributed by atoms with Gasteiger partial charge in [-0.3, -0.25) is 24.6 Å². The van der Waals surface area contributed by atoms with Gasteiger partial charge in [0.1, 0.15) is 17.9 Å². The van der Waals surface area contributed by atoms with Gasteiger partial charge in [0.25, 0.3) is 5.91 Å². The van der Waals surface area contributed by atoms with Crippen molar-refractivity contribution in [3.63, 3.8) is 0 Å². The van der Waals surface area contributed by atoms with E-state index in [1.807, 2.05) is 18.2 Å². The van der Waals surface area contributed by atoms with Gasteiger partial charge in [-0.2, -0.15) is 0 Å². The van der Waals surface area contributed by atoms with Gasteiger partial charge >= 0.3 is 0 Å². The first kappa shape index (κ1) is 20.5. The number of benzene rings is 1. The SMILES string of the molecule is O=C1CCC(N2Cc3cc(OC4CCCCC4N4CCOCC4)ccc3C2=O)C(=O)N1. The van der Waals surface area contributed by atoms with Crippen LogP contribution in [0.3, 0.4) is 0 Å². The minimum Gasteiger partial charge on any atom is -0.489 e. The average Bonchev–Trinajstić information content (AvgIpc) is 3.10. The molecule has 3 fully saturated rings. The third-order valence-corrected chi connectivity index (χ3v) is 6.96. The van der Waals surface area contributed by atoms with Gasteiger partial charge in [-0.25, -0.2) is 0 Å². The molecule has 0 bridgehead atoms. The lowest BCUT2D eigenvalue weighted by atomic mass is 9.91. The van der Waals surface area contributed by atoms with E-state index in [9.17, 15) is 14.4 Å². The van der Waals surface area contributed by atoms with Crippen molar-refractivity contribution in [2.24, 2.45) is 0 Å². The molecule has 0 radical (unpaired) electrons. The number of fused-ring (bicyclic) bond motifs is 1. The Balaban J connectivity index is 1.29. The van der Waals surface area contributed by atoms with Gasteiger partial charge in [-0.15, -0.1) is 0 Å². The molecular weight excluding hydrogens is 398 g/mol. The summed E-state index contributed by atoms with van der Waals surface area (Å²) in [7, 11) is 0. The van der Waals surface area contributed by atoms with E-state index in [0.717, 1.165) is 56.9 Å². The van der Waals surface area contributed by atoms with E-state index >= 15 is 0 Å². The predicted molar refractivity (Wildman–Crippen MR) is 112 cm³/mol. The lowest BCUT2D eigenvalue weighted by molar-refractivity contribution is -0.136. The Morgan fingerprint density at radius 1 is 1.03 bits per heavy atom. The molecule has 1 N–H and O–H groups in total. The lowest BCUT2D eigenvalue weighted by Gasteiger charge is -2.41. The van der Waals surface area contributed by atoms with Crippen molar-refractivity contribution in [1.29, 1.82) is 0 Å². The van der Waals surface area contributed by atoms with Crippen molar-refractivity contribution in [2.45, 2.75) is 63.3 Å². The molecule has 3 amide bonds. The Bertz CT molecular complexity index is 882. The van der Waals surface area contributed by atoms with E-state index in [-0.39, 0.29) is 30.2 Å². The van der Waals surface area contributed by atoms with Gasteiger partial charge in [-0.05, 0) is 49.4 Å². The smallest absolute Gasteiger partial charge is 0.255 e. The first-order valence-corrected chi connectivity index (χ1v) is 11.4. The van der Waals surface area contributed by atoms with E-state index in [0.29, 0.717) is 24.6 Å². The summed E-state index contributed by atoms with van der Waals surface area (Å²) in [5.41, 5.74) is 1.50. The number of piperidine rings is 1. The Morgan fingerprint density at radius 3 is 2.65 bits per heavy atom. The number of nitrogens with zero attached hydrogens (tertiary/aromatic N) is 2. The van der Waals surface area contributed by atoms with Gasteiger partial charge in [0.05, 0.1) is 13.2 Å². The van der Waals surface area contributed by atoms with Crippen molar-refractivity contribution < 1.29 is 23.9 Å². The summed E-state index contributed by atoms with van der Waals surface area (Å²) < 4.78 is 12.0. The summed E-state index contributed by atoms with van der Waals surface area (Å²) >= 11 is 0. The molecule has 166 valence electrons. The Hall–Kier alpha value is -2.45. The van der Waals surface area contributed by atoms with E-state index in [1.54, 1.807) is 4.90 Å². The van der Waals surface area contributed by atoms with Gasteiger partial charge < -0.3 is 14.4 Å². The number of amides is 3. The fraction of sp³-hybridized carbons (Fsp3) is 0.609. The maximum absolute atomic E-state index is 12.9. The highest BCUT2D eigenvalue weighted by Gasteiger charge is 2.39. The second kappa shape index (κ2) is 8.59. The minimum atomic E-state index is -0.592. The van der Waals surface area contributed by atoms with Crippen molar-refractivity contribution in [2.75, 3.05) is 26.3 Å². The molecule has 8 nitrogen and oxygen atoms in total. The largest absolute Gasteiger partial charge is 0.489 e. The first-order valence-electron chi connectivity index (χ1n) is 11.4. The number of morpholine rings is 1. The molecule has 3 unspecified atom stereocenters. The van der Waals surface area contributed by atoms with Crippen LogP contribution in [0, 0.1) is 0 Å². The second-order valence-corrected chi connectivity index (χ2v) is 8.88. The Labute approximate surface area is 181 Å². The molecule has 4 aliphatic rings. The van der Waals surface area contributed by atoms with E-state index in [4.69, 9.17) is 9.47 Å². The standard InChI is InChI=1S/C23H29N3O5/c27-21-8-7-19(22(28)24-21)26-14-15-13-16(5-6-17(15)23(26)29)31-20-4-2-1-3-18(20)25-9-11-30-12-10-25/h5-6,13,18-20H,1-4,7-12,14H2,(H,24,27,28). The fourth-order valence-electron chi connectivity index (χ4n) is 5.34. The summed E-state index contributed by atoms with van der Waals surface area (Å²) in [4.78, 5) is 40.6. The molecule has 1 aromatic carbocycles. The highest BCUT2D eigenvalue weighted by Crippen LogP contribution is 2.33. The molecule has 8 heteroatoms. The van der Waals surface area contributed by atoms with E-state index < -0.39 is 6.04 Å². The van der Waals surface area contributed by atoms with Crippen LogP contribution in [0.1, 0.15) is 54.4 Å². The van der Waals surface area contributed by atoms with Crippen LogP contribution >= 0.6 is 0 Å². The van der Waals surface area contributed by atoms with Crippen molar-refractivity contribution in [1.82, 2.24) is 15.1 Å². The molecule has 3 heterocycles. The van der Waals surface area contributed by atoms with Crippen LogP contribution < -0.4 is 10.1 Å². The lowest BCUT2D eigenvalue weighted by Crippen LogP contribution is -2.52. The zero-order valence-electron chi connectivity index (χ0n) is 17.7. The highest BCUT2D eigenvalue weighted by molar-refractivity contribution is 6.05. The van der Waals surface area contributed by atoms with Crippen LogP contribution in [-0.2, 0) is 20.9 Å². The molecule has 1 saturated carbocycles. The maximum Gasteiger partial charge on any atom is 0.255 e. The fourth-order valence-corrected chi connectivity index (χ4v) is 5.34. The van der Waals surface area contributed by atoms with Crippen LogP contribution in [0.4, 0.5) is 0 Å². The van der Waals surface area contributed by atoms with E-state index in [2.05, 4.69) is 10.2 Å². The number of ether oxygens (including phenoxy) is 2. The Kier molecular flexibility index (Phi) is 5.67. The molecule has 3 atom stereocenters. The number of imide groups is 1. The van der Waals surface area contributed by atoms with Gasteiger partial charge in [-0.1, -0.05) is 6.42 Å². The predicted octanol–water partition coefficient (Wildman–Crippen LogP) is 1.47. The molecule has 0 spiro atoms. The normalized spacial score (nSPS) is 29.6. The second-order valence-electron chi connectivity index (χ2n) is 8.88. The first-order chi connectivity index (χ1) is 15.1. The van der Waals surface area contributed by atoms with Gasteiger partial charge in [0.15, 0.2) is 0 Å². The van der Waals surface area contributed by atoms with Crippen LogP contribution in [0.25, 0.3) is 0 Å². The van der Waals surface area contributed by atoms with Gasteiger partial charge in [0, 0.05) is 37.7 Å². The number of hydrogen-bond acceptors (Lipinski definition) is 6. The molecule has 5 rings (SSSR count). The van der Waals surface area contributed by atoms with Crippen LogP contribution in [0.15, 0.2) is 18.2 Å². The molecule has 1 aliphatic carbocycles. The van der Waals surface area contributed by atoms with Gasteiger partial charge in [0.2, 0.25) is 11.8 Å². The Morgan fingerprint density at radius 2 is 1.84 bits per heavy atom. The number of rotatable bonds is 4. The molecular formula is C23H29N3O5. The molecule has 2 saturated heterocycles. The highest BCUT2D eigenvalue weighted by atomic mass is 16.5. The number of carbonyl (C=O) groups is 3.